The second-order valence-corrected chi connectivity index (χ2v) is 6.32. The van der Waals surface area contributed by atoms with Crippen LogP contribution in [0.4, 0.5) is 5.82 Å². The fourth-order valence-electron chi connectivity index (χ4n) is 2.87. The van der Waals surface area contributed by atoms with E-state index in [0.29, 0.717) is 29.4 Å². The molecule has 2 saturated carbocycles. The summed E-state index contributed by atoms with van der Waals surface area (Å²) in [6.07, 6.45) is 19.3. The molecule has 0 aliphatic heterocycles. The molecule has 1 aromatic carbocycles. The molecule has 2 heterocycles. The van der Waals surface area contributed by atoms with E-state index in [0.717, 1.165) is 11.5 Å². The number of benzene rings is 1. The molecule has 30 heavy (non-hydrogen) atoms. The molecular formula is C24H19FeN5+2. The maximum atomic E-state index is 5.95. The van der Waals surface area contributed by atoms with Crippen LogP contribution in [0.25, 0.3) is 11.2 Å². The Morgan fingerprint density at radius 1 is 0.833 bits per heavy atom. The van der Waals surface area contributed by atoms with E-state index in [1.165, 1.54) is 6.33 Å². The van der Waals surface area contributed by atoms with Gasteiger partial charge in [-0.3, -0.25) is 4.57 Å². The van der Waals surface area contributed by atoms with Crippen molar-refractivity contribution in [2.75, 3.05) is 5.73 Å². The average molecular weight is 433 g/mol. The van der Waals surface area contributed by atoms with Crippen LogP contribution in [0, 0.1) is 75.5 Å². The molecule has 2 fully saturated rings. The van der Waals surface area contributed by atoms with Crippen LogP contribution in [0.5, 0.6) is 0 Å². The molecule has 0 saturated heterocycles. The summed E-state index contributed by atoms with van der Waals surface area (Å²) in [6.45, 7) is 0.624. The molecule has 5 rings (SSSR count). The Bertz CT molecular complexity index is 985. The number of nitrogens with zero attached hydrogens (tertiary/aromatic N) is 4. The minimum Gasteiger partial charge on any atom is -0.382 e. The number of hydrogen-bond donors (Lipinski definition) is 1. The first kappa shape index (κ1) is 22.3. The van der Waals surface area contributed by atoms with Gasteiger partial charge in [-0.1, -0.05) is 36.3 Å². The van der Waals surface area contributed by atoms with Gasteiger partial charge in [0.2, 0.25) is 0 Å². The van der Waals surface area contributed by atoms with Crippen molar-refractivity contribution < 1.29 is 17.1 Å². The number of anilines is 1. The van der Waals surface area contributed by atoms with Crippen molar-refractivity contribution in [2.45, 2.75) is 6.54 Å². The summed E-state index contributed by atoms with van der Waals surface area (Å²) < 4.78 is 1.97. The van der Waals surface area contributed by atoms with Gasteiger partial charge in [0.25, 0.3) is 0 Å². The predicted molar refractivity (Wildman–Crippen MR) is 114 cm³/mol. The molecule has 10 radical (unpaired) electrons. The van der Waals surface area contributed by atoms with Crippen LogP contribution >= 0.6 is 0 Å². The van der Waals surface area contributed by atoms with E-state index < -0.39 is 0 Å². The number of imidazole rings is 1. The van der Waals surface area contributed by atoms with Gasteiger partial charge in [-0.15, -0.1) is 0 Å². The molecule has 0 bridgehead atoms. The Morgan fingerprint density at radius 3 is 2.17 bits per heavy atom. The molecule has 0 unspecified atom stereocenters. The minimum absolute atomic E-state index is 0. The molecule has 5 nitrogen and oxygen atoms in total. The maximum Gasteiger partial charge on any atom is 2.00 e. The average Bonchev–Trinajstić information content (AvgIpc) is 3.52. The summed E-state index contributed by atoms with van der Waals surface area (Å²) in [5.74, 6) is 8.20. The largest absolute Gasteiger partial charge is 2.00 e. The maximum absolute atomic E-state index is 5.95. The summed E-state index contributed by atoms with van der Waals surface area (Å²) >= 11 is 0. The molecule has 3 aromatic rings. The van der Waals surface area contributed by atoms with Crippen molar-refractivity contribution in [1.29, 1.82) is 0 Å². The van der Waals surface area contributed by atoms with Crippen molar-refractivity contribution in [1.82, 2.24) is 19.5 Å². The molecule has 2 aliphatic carbocycles. The first-order chi connectivity index (χ1) is 14.3. The van der Waals surface area contributed by atoms with Gasteiger partial charge in [0, 0.05) is 0 Å². The molecular weight excluding hydrogens is 414 g/mol. The van der Waals surface area contributed by atoms with Gasteiger partial charge in [0.15, 0.2) is 22.8 Å². The van der Waals surface area contributed by atoms with E-state index in [9.17, 15) is 0 Å². The number of rotatable bonds is 2. The third-order valence-electron chi connectivity index (χ3n) is 4.28. The first-order valence-electron chi connectivity index (χ1n) is 9.22. The normalized spacial score (nSPS) is 15.7. The molecule has 2 N–H and O–H groups in total. The van der Waals surface area contributed by atoms with Gasteiger partial charge in [0.1, 0.15) is 6.33 Å². The van der Waals surface area contributed by atoms with Crippen LogP contribution in [0.3, 0.4) is 0 Å². The quantitative estimate of drug-likeness (QED) is 0.498. The first-order valence-corrected chi connectivity index (χ1v) is 9.22. The standard InChI is InChI=1S/C19H14N5.C5H5.Fe/c20-18-17-19(22-13-21-18)24(12-15-8-2-1-3-9-15)16(23-17)11-10-14-6-4-5-7-14;1-2-4-5-3-1;/h1-9,13H,12H2,(H2,20,21,22);1-5H;/q;;+2. The van der Waals surface area contributed by atoms with Crippen LogP contribution in [0.2, 0.25) is 0 Å². The van der Waals surface area contributed by atoms with Crippen LogP contribution in [-0.4, -0.2) is 19.5 Å². The van der Waals surface area contributed by atoms with Gasteiger partial charge < -0.3 is 5.73 Å². The smallest absolute Gasteiger partial charge is 0.382 e. The van der Waals surface area contributed by atoms with Crippen LogP contribution in [0.15, 0.2) is 36.7 Å². The summed E-state index contributed by atoms with van der Waals surface area (Å²) in [5, 5.41) is 0. The van der Waals surface area contributed by atoms with Crippen LogP contribution in [0.1, 0.15) is 11.4 Å². The number of nitrogen functional groups attached to an aromatic ring is 1. The summed E-state index contributed by atoms with van der Waals surface area (Å²) in [4.78, 5) is 12.9. The Balaban J connectivity index is 0.000000376. The fourth-order valence-corrected chi connectivity index (χ4v) is 2.87. The topological polar surface area (TPSA) is 69.6 Å². The molecule has 146 valence electrons. The summed E-state index contributed by atoms with van der Waals surface area (Å²) in [6, 6.07) is 10.1. The summed E-state index contributed by atoms with van der Waals surface area (Å²) in [7, 11) is 0. The van der Waals surface area contributed by atoms with E-state index in [1.54, 1.807) is 0 Å². The summed E-state index contributed by atoms with van der Waals surface area (Å²) in [5.41, 5.74) is 8.37. The van der Waals surface area contributed by atoms with Crippen LogP contribution in [-0.2, 0) is 23.6 Å². The second kappa shape index (κ2) is 11.2. The zero-order chi connectivity index (χ0) is 19.9. The van der Waals surface area contributed by atoms with Crippen molar-refractivity contribution in [2.24, 2.45) is 0 Å². The minimum atomic E-state index is 0. The van der Waals surface area contributed by atoms with E-state index in [4.69, 9.17) is 5.73 Å². The number of aromatic nitrogens is 4. The fraction of sp³-hybridized carbons (Fsp3) is 0.0417. The zero-order valence-electron chi connectivity index (χ0n) is 16.1. The van der Waals surface area contributed by atoms with E-state index in [1.807, 2.05) is 80.6 Å². The van der Waals surface area contributed by atoms with Gasteiger partial charge in [-0.25, -0.2) is 15.0 Å². The van der Waals surface area contributed by atoms with Gasteiger partial charge in [-0.05, 0) is 69.3 Å². The number of hydrogen-bond acceptors (Lipinski definition) is 4. The number of fused-ring (bicyclic) bond motifs is 1. The monoisotopic (exact) mass is 433 g/mol. The molecule has 6 heteroatoms. The Morgan fingerprint density at radius 2 is 1.50 bits per heavy atom. The molecule has 0 amide bonds. The van der Waals surface area contributed by atoms with E-state index in [-0.39, 0.29) is 17.1 Å². The zero-order valence-corrected chi connectivity index (χ0v) is 17.2. The molecule has 0 spiro atoms. The van der Waals surface area contributed by atoms with Crippen LogP contribution < -0.4 is 5.73 Å². The molecule has 2 aliphatic rings. The Hall–Kier alpha value is -2.35. The van der Waals surface area contributed by atoms with Crippen molar-refractivity contribution >= 4 is 17.0 Å². The van der Waals surface area contributed by atoms with Crippen molar-refractivity contribution in [3.8, 4) is 11.8 Å². The van der Waals surface area contributed by atoms with Crippen molar-refractivity contribution in [3.05, 3.63) is 112 Å². The van der Waals surface area contributed by atoms with Gasteiger partial charge >= 0.3 is 17.1 Å². The second-order valence-electron chi connectivity index (χ2n) is 6.32. The predicted octanol–water partition coefficient (Wildman–Crippen LogP) is 3.23. The SMILES string of the molecule is Nc1ncnc2c1nc(C#C[C]1[CH][CH][CH][CH]1)n2Cc1ccccc1.[CH]1[CH][CH][CH][CH]1.[Fe+2]. The van der Waals surface area contributed by atoms with E-state index in [2.05, 4.69) is 38.9 Å². The van der Waals surface area contributed by atoms with Gasteiger partial charge in [0.05, 0.1) is 12.5 Å². The molecule has 2 aromatic heterocycles. The van der Waals surface area contributed by atoms with E-state index >= 15 is 0 Å². The third-order valence-corrected chi connectivity index (χ3v) is 4.28. The van der Waals surface area contributed by atoms with Gasteiger partial charge in [-0.2, -0.15) is 0 Å². The molecule has 0 atom stereocenters. The Kier molecular flexibility index (Phi) is 8.30. The van der Waals surface area contributed by atoms with Crippen molar-refractivity contribution in [3.63, 3.8) is 0 Å². The Labute approximate surface area is 189 Å². The number of nitrogens with two attached hydrogens (primary N) is 1. The third kappa shape index (κ3) is 5.62.